The highest BCUT2D eigenvalue weighted by molar-refractivity contribution is 6.31. The molecule has 1 saturated carbocycles. The third-order valence-corrected chi connectivity index (χ3v) is 4.30. The molecule has 2 aromatic rings. The number of hydrogen-bond donors (Lipinski definition) is 1. The lowest BCUT2D eigenvalue weighted by Crippen LogP contribution is -2.37. The molecule has 1 heterocycles. The van der Waals surface area contributed by atoms with Gasteiger partial charge in [-0.05, 0) is 37.1 Å². The maximum Gasteiger partial charge on any atom is 0.323 e. The minimum atomic E-state index is -0.805. The van der Waals surface area contributed by atoms with Crippen LogP contribution in [0.15, 0.2) is 30.5 Å². The van der Waals surface area contributed by atoms with E-state index in [0.29, 0.717) is 11.1 Å². The molecule has 1 aliphatic carbocycles. The zero-order valence-corrected chi connectivity index (χ0v) is 12.4. The van der Waals surface area contributed by atoms with Crippen LogP contribution < -0.4 is 4.90 Å². The third kappa shape index (κ3) is 2.95. The van der Waals surface area contributed by atoms with Crippen LogP contribution in [-0.2, 0) is 4.79 Å². The molecule has 0 saturated heterocycles. The van der Waals surface area contributed by atoms with E-state index >= 15 is 0 Å². The van der Waals surface area contributed by atoms with Crippen molar-refractivity contribution in [1.29, 1.82) is 0 Å². The molecule has 1 N–H and O–H groups in total. The van der Waals surface area contributed by atoms with Gasteiger partial charge < -0.3 is 10.0 Å². The number of fused-ring (bicyclic) bond motifs is 1. The lowest BCUT2D eigenvalue weighted by Gasteiger charge is -2.30. The first kappa shape index (κ1) is 14.1. The monoisotopic (exact) mass is 304 g/mol. The van der Waals surface area contributed by atoms with Crippen molar-refractivity contribution in [3.05, 3.63) is 35.5 Å². The Kier molecular flexibility index (Phi) is 3.97. The maximum absolute atomic E-state index is 11.3. The smallest absolute Gasteiger partial charge is 0.323 e. The zero-order chi connectivity index (χ0) is 14.8. The van der Waals surface area contributed by atoms with Gasteiger partial charge in [0.15, 0.2) is 0 Å². The lowest BCUT2D eigenvalue weighted by atomic mass is 10.1. The molecule has 0 atom stereocenters. The quantitative estimate of drug-likeness (QED) is 0.935. The first-order valence-electron chi connectivity index (χ1n) is 7.18. The topological polar surface area (TPSA) is 53.4 Å². The molecular weight excluding hydrogens is 288 g/mol. The molecule has 0 aliphatic heterocycles. The zero-order valence-electron chi connectivity index (χ0n) is 11.6. The Morgan fingerprint density at radius 2 is 2.10 bits per heavy atom. The second-order valence-corrected chi connectivity index (χ2v) is 5.89. The van der Waals surface area contributed by atoms with E-state index in [1.165, 1.54) is 0 Å². The highest BCUT2D eigenvalue weighted by Crippen LogP contribution is 2.33. The van der Waals surface area contributed by atoms with Gasteiger partial charge >= 0.3 is 5.97 Å². The molecule has 0 spiro atoms. The fourth-order valence-electron chi connectivity index (χ4n) is 3.13. The SMILES string of the molecule is O=C(O)CN(c1ccnc2cc(Cl)ccc12)C1CCCC1. The van der Waals surface area contributed by atoms with Crippen molar-refractivity contribution < 1.29 is 9.90 Å². The van der Waals surface area contributed by atoms with Gasteiger partial charge in [-0.1, -0.05) is 24.4 Å². The van der Waals surface area contributed by atoms with E-state index in [4.69, 9.17) is 11.6 Å². The number of rotatable bonds is 4. The number of aliphatic carboxylic acids is 1. The van der Waals surface area contributed by atoms with Crippen LogP contribution in [0.5, 0.6) is 0 Å². The van der Waals surface area contributed by atoms with Gasteiger partial charge in [0.1, 0.15) is 6.54 Å². The molecule has 5 heteroatoms. The highest BCUT2D eigenvalue weighted by atomic mass is 35.5. The number of halogens is 1. The van der Waals surface area contributed by atoms with Gasteiger partial charge in [-0.15, -0.1) is 0 Å². The standard InChI is InChI=1S/C16H17ClN2O2/c17-11-5-6-13-14(9-11)18-8-7-15(13)19(10-16(20)21)12-3-1-2-4-12/h5-9,12H,1-4,10H2,(H,20,21). The normalized spacial score (nSPS) is 15.5. The van der Waals surface area contributed by atoms with E-state index in [2.05, 4.69) is 4.98 Å². The summed E-state index contributed by atoms with van der Waals surface area (Å²) in [5.74, 6) is -0.805. The predicted molar refractivity (Wildman–Crippen MR) is 84.0 cm³/mol. The number of anilines is 1. The first-order chi connectivity index (χ1) is 10.1. The predicted octanol–water partition coefficient (Wildman–Crippen LogP) is 3.72. The van der Waals surface area contributed by atoms with E-state index in [9.17, 15) is 9.90 Å². The number of carboxylic acid groups (broad SMARTS) is 1. The van der Waals surface area contributed by atoms with Crippen LogP contribution in [0, 0.1) is 0 Å². The second kappa shape index (κ2) is 5.90. The summed E-state index contributed by atoms with van der Waals surface area (Å²) >= 11 is 6.01. The highest BCUT2D eigenvalue weighted by Gasteiger charge is 2.25. The number of aromatic nitrogens is 1. The summed E-state index contributed by atoms with van der Waals surface area (Å²) in [5.41, 5.74) is 1.74. The number of carboxylic acids is 1. The molecule has 110 valence electrons. The summed E-state index contributed by atoms with van der Waals surface area (Å²) in [6.07, 6.45) is 6.14. The Bertz CT molecular complexity index is 668. The molecule has 1 aromatic carbocycles. The molecule has 1 aromatic heterocycles. The van der Waals surface area contributed by atoms with Crippen molar-refractivity contribution in [2.24, 2.45) is 0 Å². The van der Waals surface area contributed by atoms with Crippen LogP contribution in [-0.4, -0.2) is 28.6 Å². The molecule has 0 radical (unpaired) electrons. The van der Waals surface area contributed by atoms with Gasteiger partial charge in [-0.3, -0.25) is 9.78 Å². The Morgan fingerprint density at radius 3 is 2.81 bits per heavy atom. The molecule has 0 unspecified atom stereocenters. The molecule has 3 rings (SSSR count). The molecule has 0 amide bonds. The number of nitrogens with zero attached hydrogens (tertiary/aromatic N) is 2. The van der Waals surface area contributed by atoms with E-state index in [1.54, 1.807) is 6.20 Å². The summed E-state index contributed by atoms with van der Waals surface area (Å²) in [7, 11) is 0. The van der Waals surface area contributed by atoms with E-state index in [-0.39, 0.29) is 6.54 Å². The largest absolute Gasteiger partial charge is 0.480 e. The Labute approximate surface area is 128 Å². The van der Waals surface area contributed by atoms with Crippen LogP contribution in [0.3, 0.4) is 0 Å². The summed E-state index contributed by atoms with van der Waals surface area (Å²) < 4.78 is 0. The fourth-order valence-corrected chi connectivity index (χ4v) is 3.30. The van der Waals surface area contributed by atoms with Gasteiger partial charge in [0, 0.05) is 28.3 Å². The fraction of sp³-hybridized carbons (Fsp3) is 0.375. The van der Waals surface area contributed by atoms with Gasteiger partial charge in [-0.25, -0.2) is 0 Å². The van der Waals surface area contributed by atoms with Crippen molar-refractivity contribution >= 4 is 34.2 Å². The van der Waals surface area contributed by atoms with Gasteiger partial charge in [0.25, 0.3) is 0 Å². The summed E-state index contributed by atoms with van der Waals surface area (Å²) in [5, 5.41) is 10.8. The lowest BCUT2D eigenvalue weighted by molar-refractivity contribution is -0.135. The van der Waals surface area contributed by atoms with Gasteiger partial charge in [0.05, 0.1) is 5.52 Å². The number of carbonyl (C=O) groups is 1. The van der Waals surface area contributed by atoms with Crippen molar-refractivity contribution in [2.45, 2.75) is 31.7 Å². The Morgan fingerprint density at radius 1 is 1.33 bits per heavy atom. The minimum Gasteiger partial charge on any atom is -0.480 e. The van der Waals surface area contributed by atoms with Crippen LogP contribution in [0.25, 0.3) is 10.9 Å². The van der Waals surface area contributed by atoms with Crippen LogP contribution in [0.2, 0.25) is 5.02 Å². The third-order valence-electron chi connectivity index (χ3n) is 4.06. The molecule has 1 aliphatic rings. The van der Waals surface area contributed by atoms with Gasteiger partial charge in [0.2, 0.25) is 0 Å². The molecular formula is C16H17ClN2O2. The Hall–Kier alpha value is -1.81. The van der Waals surface area contributed by atoms with Crippen LogP contribution in [0.1, 0.15) is 25.7 Å². The van der Waals surface area contributed by atoms with Gasteiger partial charge in [-0.2, -0.15) is 0 Å². The molecule has 21 heavy (non-hydrogen) atoms. The first-order valence-corrected chi connectivity index (χ1v) is 7.55. The van der Waals surface area contributed by atoms with E-state index < -0.39 is 5.97 Å². The Balaban J connectivity index is 2.07. The molecule has 0 bridgehead atoms. The number of pyridine rings is 1. The van der Waals surface area contributed by atoms with E-state index in [0.717, 1.165) is 42.3 Å². The van der Waals surface area contributed by atoms with Crippen LogP contribution >= 0.6 is 11.6 Å². The van der Waals surface area contributed by atoms with Crippen LogP contribution in [0.4, 0.5) is 5.69 Å². The summed E-state index contributed by atoms with van der Waals surface area (Å²) in [6.45, 7) is 0.0202. The van der Waals surface area contributed by atoms with Crippen molar-refractivity contribution in [2.75, 3.05) is 11.4 Å². The van der Waals surface area contributed by atoms with Crippen molar-refractivity contribution in [3.63, 3.8) is 0 Å². The van der Waals surface area contributed by atoms with E-state index in [1.807, 2.05) is 29.2 Å². The van der Waals surface area contributed by atoms with Crippen molar-refractivity contribution in [3.8, 4) is 0 Å². The molecule has 4 nitrogen and oxygen atoms in total. The average Bonchev–Trinajstić information content (AvgIpc) is 2.97. The number of benzene rings is 1. The number of hydrogen-bond acceptors (Lipinski definition) is 3. The minimum absolute atomic E-state index is 0.0202. The average molecular weight is 305 g/mol. The molecule has 1 fully saturated rings. The maximum atomic E-state index is 11.3. The summed E-state index contributed by atoms with van der Waals surface area (Å²) in [4.78, 5) is 17.6. The second-order valence-electron chi connectivity index (χ2n) is 5.45. The summed E-state index contributed by atoms with van der Waals surface area (Å²) in [6, 6.07) is 7.75. The van der Waals surface area contributed by atoms with Crippen molar-refractivity contribution in [1.82, 2.24) is 4.98 Å².